The summed E-state index contributed by atoms with van der Waals surface area (Å²) >= 11 is 1.02. The lowest BCUT2D eigenvalue weighted by Crippen LogP contribution is -2.53. The summed E-state index contributed by atoms with van der Waals surface area (Å²) in [4.78, 5) is 12.4. The average Bonchev–Trinajstić information content (AvgIpc) is 2.84. The minimum atomic E-state index is -0.980. The molecule has 0 bridgehead atoms. The van der Waals surface area contributed by atoms with Crippen LogP contribution in [0.15, 0.2) is 0 Å². The first-order chi connectivity index (χ1) is 8.12. The Hall–Kier alpha value is -1.05. The smallest absolute Gasteiger partial charge is 0.265 e. The number of hydrogen-bond acceptors (Lipinski definition) is 6. The fraction of sp³-hybridized carbons (Fsp3) is 0.700. The molecule has 3 N–H and O–H groups in total. The Bertz CT molecular complexity index is 368. The first-order valence-electron chi connectivity index (χ1n) is 5.48. The van der Waals surface area contributed by atoms with Gasteiger partial charge in [0.2, 0.25) is 0 Å². The molecule has 7 heteroatoms. The number of aryl methyl sites for hydroxylation is 1. The van der Waals surface area contributed by atoms with Gasteiger partial charge in [-0.15, -0.1) is 5.10 Å². The zero-order chi connectivity index (χ0) is 12.9. The van der Waals surface area contributed by atoms with E-state index in [-0.39, 0.29) is 19.1 Å². The van der Waals surface area contributed by atoms with Crippen LogP contribution in [0.3, 0.4) is 0 Å². The van der Waals surface area contributed by atoms with E-state index in [1.54, 1.807) is 6.92 Å². The van der Waals surface area contributed by atoms with Crippen molar-refractivity contribution in [3.63, 3.8) is 0 Å². The summed E-state index contributed by atoms with van der Waals surface area (Å²) in [6.07, 6.45) is 1.07. The van der Waals surface area contributed by atoms with Gasteiger partial charge in [-0.2, -0.15) is 0 Å². The van der Waals surface area contributed by atoms with E-state index in [1.165, 1.54) is 0 Å². The molecular weight excluding hydrogens is 242 g/mol. The molecule has 1 aromatic rings. The number of aliphatic hydroxyl groups excluding tert-OH is 2. The standard InChI is InChI=1S/C10H17N3O3S/c1-3-7-8(17-13-12-7)9(16)11-10(4-2,5-14)6-15/h14-15H,3-6H2,1-2H3,(H,11,16). The molecule has 96 valence electrons. The number of nitrogens with zero attached hydrogens (tertiary/aromatic N) is 2. The number of amides is 1. The number of aliphatic hydroxyl groups is 2. The van der Waals surface area contributed by atoms with Gasteiger partial charge in [-0.1, -0.05) is 18.3 Å². The van der Waals surface area contributed by atoms with E-state index in [2.05, 4.69) is 14.9 Å². The van der Waals surface area contributed by atoms with Gasteiger partial charge in [0.15, 0.2) is 0 Å². The molecule has 0 saturated heterocycles. The molecule has 6 nitrogen and oxygen atoms in total. The zero-order valence-corrected chi connectivity index (χ0v) is 10.8. The Morgan fingerprint density at radius 1 is 1.41 bits per heavy atom. The molecule has 0 aliphatic rings. The number of hydrogen-bond donors (Lipinski definition) is 3. The van der Waals surface area contributed by atoms with Crippen LogP contribution in [0.4, 0.5) is 0 Å². The average molecular weight is 259 g/mol. The van der Waals surface area contributed by atoms with Crippen molar-refractivity contribution in [2.24, 2.45) is 0 Å². The Balaban J connectivity index is 2.84. The molecule has 1 amide bonds. The lowest BCUT2D eigenvalue weighted by atomic mass is 9.98. The molecule has 0 aromatic carbocycles. The molecular formula is C10H17N3O3S. The Labute approximate surface area is 104 Å². The highest BCUT2D eigenvalue weighted by Gasteiger charge is 2.30. The summed E-state index contributed by atoms with van der Waals surface area (Å²) in [6, 6.07) is 0. The maximum atomic E-state index is 12.0. The molecule has 0 aliphatic heterocycles. The normalized spacial score (nSPS) is 11.5. The van der Waals surface area contributed by atoms with Crippen molar-refractivity contribution in [1.82, 2.24) is 14.9 Å². The summed E-state index contributed by atoms with van der Waals surface area (Å²) in [6.45, 7) is 3.07. The summed E-state index contributed by atoms with van der Waals surface area (Å²) in [5.41, 5.74) is -0.347. The lowest BCUT2D eigenvalue weighted by Gasteiger charge is -2.29. The predicted octanol–water partition coefficient (Wildman–Crippen LogP) is -0.0363. The molecule has 1 aromatic heterocycles. The van der Waals surface area contributed by atoms with Crippen LogP contribution in [0, 0.1) is 0 Å². The van der Waals surface area contributed by atoms with Crippen LogP contribution in [0.25, 0.3) is 0 Å². The molecule has 0 aliphatic carbocycles. The first kappa shape index (κ1) is 14.0. The van der Waals surface area contributed by atoms with Crippen molar-refractivity contribution in [3.8, 4) is 0 Å². The molecule has 17 heavy (non-hydrogen) atoms. The van der Waals surface area contributed by atoms with Crippen molar-refractivity contribution >= 4 is 17.4 Å². The van der Waals surface area contributed by atoms with Crippen LogP contribution in [0.5, 0.6) is 0 Å². The van der Waals surface area contributed by atoms with Crippen molar-refractivity contribution in [2.75, 3.05) is 13.2 Å². The largest absolute Gasteiger partial charge is 0.394 e. The highest BCUT2D eigenvalue weighted by Crippen LogP contribution is 2.15. The van der Waals surface area contributed by atoms with E-state index in [0.29, 0.717) is 23.4 Å². The highest BCUT2D eigenvalue weighted by atomic mass is 32.1. The predicted molar refractivity (Wildman–Crippen MR) is 63.9 cm³/mol. The number of aromatic nitrogens is 2. The number of rotatable bonds is 6. The van der Waals surface area contributed by atoms with Gasteiger partial charge in [0.25, 0.3) is 5.91 Å². The highest BCUT2D eigenvalue weighted by molar-refractivity contribution is 7.08. The summed E-state index contributed by atoms with van der Waals surface area (Å²) < 4.78 is 3.73. The van der Waals surface area contributed by atoms with Crippen molar-refractivity contribution < 1.29 is 15.0 Å². The molecule has 0 saturated carbocycles. The minimum Gasteiger partial charge on any atom is -0.394 e. The van der Waals surface area contributed by atoms with Gasteiger partial charge in [-0.3, -0.25) is 4.79 Å². The molecule has 1 rings (SSSR count). The number of carbonyl (C=O) groups excluding carboxylic acids is 1. The molecule has 0 radical (unpaired) electrons. The monoisotopic (exact) mass is 259 g/mol. The van der Waals surface area contributed by atoms with Gasteiger partial charge in [0.1, 0.15) is 4.88 Å². The second-order valence-electron chi connectivity index (χ2n) is 3.81. The van der Waals surface area contributed by atoms with Gasteiger partial charge in [0, 0.05) is 0 Å². The van der Waals surface area contributed by atoms with Gasteiger partial charge in [-0.05, 0) is 24.4 Å². The first-order valence-corrected chi connectivity index (χ1v) is 6.25. The van der Waals surface area contributed by atoms with Crippen LogP contribution in [-0.2, 0) is 6.42 Å². The van der Waals surface area contributed by atoms with Crippen molar-refractivity contribution in [1.29, 1.82) is 0 Å². The Kier molecular flexibility index (Phi) is 4.98. The van der Waals surface area contributed by atoms with Gasteiger partial charge in [0.05, 0.1) is 24.4 Å². The summed E-state index contributed by atoms with van der Waals surface area (Å²) in [7, 11) is 0. The van der Waals surface area contributed by atoms with E-state index < -0.39 is 5.54 Å². The lowest BCUT2D eigenvalue weighted by molar-refractivity contribution is 0.0655. The third kappa shape index (κ3) is 2.99. The molecule has 0 atom stereocenters. The maximum Gasteiger partial charge on any atom is 0.265 e. The molecule has 1 heterocycles. The topological polar surface area (TPSA) is 95.3 Å². The number of nitrogens with one attached hydrogen (secondary N) is 1. The molecule has 0 unspecified atom stereocenters. The van der Waals surface area contributed by atoms with Crippen molar-refractivity contribution in [3.05, 3.63) is 10.6 Å². The fourth-order valence-corrected chi connectivity index (χ4v) is 2.00. The van der Waals surface area contributed by atoms with Crippen molar-refractivity contribution in [2.45, 2.75) is 32.2 Å². The van der Waals surface area contributed by atoms with Gasteiger partial charge >= 0.3 is 0 Å². The van der Waals surface area contributed by atoms with Crippen LogP contribution in [0.2, 0.25) is 0 Å². The van der Waals surface area contributed by atoms with Crippen LogP contribution < -0.4 is 5.32 Å². The molecule has 0 spiro atoms. The SMILES string of the molecule is CCc1nnsc1C(=O)NC(CC)(CO)CO. The zero-order valence-electron chi connectivity index (χ0n) is 9.93. The van der Waals surface area contributed by atoms with Gasteiger partial charge in [-0.25, -0.2) is 0 Å². The van der Waals surface area contributed by atoms with E-state index in [9.17, 15) is 15.0 Å². The summed E-state index contributed by atoms with van der Waals surface area (Å²) in [5.74, 6) is -0.346. The second kappa shape index (κ2) is 6.04. The van der Waals surface area contributed by atoms with E-state index >= 15 is 0 Å². The van der Waals surface area contributed by atoms with E-state index in [4.69, 9.17) is 0 Å². The third-order valence-electron chi connectivity index (χ3n) is 2.76. The van der Waals surface area contributed by atoms with Crippen LogP contribution >= 0.6 is 11.5 Å². The maximum absolute atomic E-state index is 12.0. The third-order valence-corrected chi connectivity index (χ3v) is 3.52. The Morgan fingerprint density at radius 2 is 2.06 bits per heavy atom. The Morgan fingerprint density at radius 3 is 2.53 bits per heavy atom. The summed E-state index contributed by atoms with van der Waals surface area (Å²) in [5, 5.41) is 25.0. The van der Waals surface area contributed by atoms with Gasteiger partial charge < -0.3 is 15.5 Å². The number of carbonyl (C=O) groups is 1. The van der Waals surface area contributed by atoms with Crippen LogP contribution in [0.1, 0.15) is 35.6 Å². The molecule has 0 fully saturated rings. The second-order valence-corrected chi connectivity index (χ2v) is 4.56. The fourth-order valence-electron chi connectivity index (χ4n) is 1.35. The quantitative estimate of drug-likeness (QED) is 0.666. The minimum absolute atomic E-state index is 0.306. The van der Waals surface area contributed by atoms with E-state index in [0.717, 1.165) is 11.5 Å². The van der Waals surface area contributed by atoms with Crippen LogP contribution in [-0.4, -0.2) is 44.5 Å². The van der Waals surface area contributed by atoms with E-state index in [1.807, 2.05) is 6.92 Å².